The van der Waals surface area contributed by atoms with Gasteiger partial charge in [0.2, 0.25) is 0 Å². The molecule has 0 saturated heterocycles. The number of pyridine rings is 1. The fourth-order valence-electron chi connectivity index (χ4n) is 1.90. The Labute approximate surface area is 144 Å². The van der Waals surface area contributed by atoms with Crippen molar-refractivity contribution in [2.45, 2.75) is 46.6 Å². The second-order valence-corrected chi connectivity index (χ2v) is 8.00. The van der Waals surface area contributed by atoms with Gasteiger partial charge in [-0.2, -0.15) is 11.8 Å². The van der Waals surface area contributed by atoms with E-state index in [1.807, 2.05) is 32.9 Å². The van der Waals surface area contributed by atoms with Gasteiger partial charge in [0.25, 0.3) is 0 Å². The summed E-state index contributed by atoms with van der Waals surface area (Å²) in [5.74, 6) is 2.69. The van der Waals surface area contributed by atoms with E-state index in [1.165, 1.54) is 0 Å². The van der Waals surface area contributed by atoms with Crippen LogP contribution in [0.15, 0.2) is 24.5 Å². The van der Waals surface area contributed by atoms with E-state index in [-0.39, 0.29) is 17.8 Å². The first kappa shape index (κ1) is 19.8. The molecule has 0 aliphatic carbocycles. The molecule has 1 aromatic heterocycles. The second kappa shape index (κ2) is 9.81. The summed E-state index contributed by atoms with van der Waals surface area (Å²) in [5, 5.41) is 0. The average molecular weight is 340 g/mol. The molecule has 0 fully saturated rings. The number of aromatic nitrogens is 1. The van der Waals surface area contributed by atoms with E-state index < -0.39 is 5.60 Å². The molecular weight excluding hydrogens is 310 g/mol. The minimum absolute atomic E-state index is 0.0570. The van der Waals surface area contributed by atoms with Crippen LogP contribution in [-0.2, 0) is 9.53 Å². The van der Waals surface area contributed by atoms with Crippen LogP contribution in [0.1, 0.15) is 41.0 Å². The lowest BCUT2D eigenvalue weighted by molar-refractivity contribution is -0.160. The van der Waals surface area contributed by atoms with Gasteiger partial charge in [0.15, 0.2) is 0 Å². The molecule has 1 aromatic rings. The van der Waals surface area contributed by atoms with Crippen molar-refractivity contribution in [3.05, 3.63) is 24.5 Å². The smallest absolute Gasteiger partial charge is 0.310 e. The van der Waals surface area contributed by atoms with Gasteiger partial charge in [-0.15, -0.1) is 0 Å². The number of ether oxygens (including phenoxy) is 2. The highest BCUT2D eigenvalue weighted by Crippen LogP contribution is 2.22. The molecule has 0 aliphatic rings. The van der Waals surface area contributed by atoms with E-state index in [0.717, 1.165) is 23.7 Å². The summed E-state index contributed by atoms with van der Waals surface area (Å²) in [6.07, 6.45) is 4.38. The Hall–Kier alpha value is -1.23. The summed E-state index contributed by atoms with van der Waals surface area (Å²) in [6, 6.07) is 3.76. The van der Waals surface area contributed by atoms with Gasteiger partial charge in [-0.3, -0.25) is 9.78 Å². The highest BCUT2D eigenvalue weighted by atomic mass is 32.2. The fraction of sp³-hybridized carbons (Fsp3) is 0.667. The van der Waals surface area contributed by atoms with Gasteiger partial charge in [-0.1, -0.05) is 13.8 Å². The Morgan fingerprint density at radius 3 is 2.65 bits per heavy atom. The van der Waals surface area contributed by atoms with Crippen LogP contribution >= 0.6 is 11.8 Å². The monoisotopic (exact) mass is 339 g/mol. The average Bonchev–Trinajstić information content (AvgIpc) is 2.45. The maximum atomic E-state index is 12.2. The molecule has 0 radical (unpaired) electrons. The standard InChI is InChI=1S/C18H29NO3S/c1-14(2)16(17(20)22-18(3,4)5)13-23-11-7-10-21-15-8-6-9-19-12-15/h6,8-9,12,14,16H,7,10-11,13H2,1-5H3. The molecule has 5 heteroatoms. The molecule has 1 atom stereocenters. The predicted octanol–water partition coefficient (Wildman–Crippen LogP) is 4.20. The summed E-state index contributed by atoms with van der Waals surface area (Å²) in [7, 11) is 0. The van der Waals surface area contributed by atoms with Crippen molar-refractivity contribution in [2.75, 3.05) is 18.1 Å². The molecule has 0 aliphatic heterocycles. The Morgan fingerprint density at radius 1 is 1.35 bits per heavy atom. The van der Waals surface area contributed by atoms with Crippen LogP contribution in [0.25, 0.3) is 0 Å². The maximum Gasteiger partial charge on any atom is 0.310 e. The molecule has 4 nitrogen and oxygen atoms in total. The zero-order valence-corrected chi connectivity index (χ0v) is 15.7. The fourth-order valence-corrected chi connectivity index (χ4v) is 3.17. The number of hydrogen-bond donors (Lipinski definition) is 0. The molecule has 0 N–H and O–H groups in total. The summed E-state index contributed by atoms with van der Waals surface area (Å²) in [4.78, 5) is 16.2. The molecule has 23 heavy (non-hydrogen) atoms. The predicted molar refractivity (Wildman–Crippen MR) is 95.8 cm³/mol. The van der Waals surface area contributed by atoms with Crippen molar-refractivity contribution >= 4 is 17.7 Å². The van der Waals surface area contributed by atoms with E-state index in [2.05, 4.69) is 18.8 Å². The molecule has 0 amide bonds. The normalized spacial score (nSPS) is 13.0. The number of esters is 1. The van der Waals surface area contributed by atoms with Crippen molar-refractivity contribution in [2.24, 2.45) is 11.8 Å². The van der Waals surface area contributed by atoms with Gasteiger partial charge < -0.3 is 9.47 Å². The van der Waals surface area contributed by atoms with Crippen molar-refractivity contribution in [1.29, 1.82) is 0 Å². The third-order valence-electron chi connectivity index (χ3n) is 3.15. The number of rotatable bonds is 9. The molecule has 130 valence electrons. The van der Waals surface area contributed by atoms with E-state index in [1.54, 1.807) is 24.2 Å². The molecule has 1 heterocycles. The Balaban J connectivity index is 2.24. The minimum Gasteiger partial charge on any atom is -0.492 e. The van der Waals surface area contributed by atoms with Crippen LogP contribution in [0.5, 0.6) is 5.75 Å². The Kier molecular flexibility index (Phi) is 8.45. The van der Waals surface area contributed by atoms with Gasteiger partial charge >= 0.3 is 5.97 Å². The van der Waals surface area contributed by atoms with Gasteiger partial charge in [-0.25, -0.2) is 0 Å². The minimum atomic E-state index is -0.424. The van der Waals surface area contributed by atoms with E-state index in [9.17, 15) is 4.79 Å². The van der Waals surface area contributed by atoms with Gasteiger partial charge in [0, 0.05) is 11.9 Å². The molecule has 1 unspecified atom stereocenters. The summed E-state index contributed by atoms with van der Waals surface area (Å²) < 4.78 is 11.1. The lowest BCUT2D eigenvalue weighted by Gasteiger charge is -2.25. The zero-order valence-electron chi connectivity index (χ0n) is 14.9. The topological polar surface area (TPSA) is 48.4 Å². The molecular formula is C18H29NO3S. The molecule has 0 spiro atoms. The maximum absolute atomic E-state index is 12.2. The van der Waals surface area contributed by atoms with Crippen LogP contribution < -0.4 is 4.74 Å². The van der Waals surface area contributed by atoms with E-state index in [4.69, 9.17) is 9.47 Å². The first-order valence-electron chi connectivity index (χ1n) is 8.13. The zero-order chi connectivity index (χ0) is 17.3. The van der Waals surface area contributed by atoms with Crippen molar-refractivity contribution in [3.63, 3.8) is 0 Å². The lowest BCUT2D eigenvalue weighted by Crippen LogP contribution is -2.32. The van der Waals surface area contributed by atoms with Crippen LogP contribution in [0, 0.1) is 11.8 Å². The Morgan fingerprint density at radius 2 is 2.09 bits per heavy atom. The summed E-state index contributed by atoms with van der Waals surface area (Å²) in [6.45, 7) is 10.5. The van der Waals surface area contributed by atoms with Crippen molar-refractivity contribution < 1.29 is 14.3 Å². The number of carbonyl (C=O) groups is 1. The van der Waals surface area contributed by atoms with Gasteiger partial charge in [0.1, 0.15) is 11.4 Å². The SMILES string of the molecule is CC(C)C(CSCCCOc1cccnc1)C(=O)OC(C)(C)C. The first-order valence-corrected chi connectivity index (χ1v) is 9.28. The molecule has 1 rings (SSSR count). The first-order chi connectivity index (χ1) is 10.8. The summed E-state index contributed by atoms with van der Waals surface area (Å²) >= 11 is 1.78. The van der Waals surface area contributed by atoms with Crippen LogP contribution in [0.3, 0.4) is 0 Å². The third kappa shape index (κ3) is 8.84. The number of nitrogens with zero attached hydrogens (tertiary/aromatic N) is 1. The largest absolute Gasteiger partial charge is 0.492 e. The highest BCUT2D eigenvalue weighted by molar-refractivity contribution is 7.99. The lowest BCUT2D eigenvalue weighted by atomic mass is 9.98. The quantitative estimate of drug-likeness (QED) is 0.498. The van der Waals surface area contributed by atoms with E-state index >= 15 is 0 Å². The molecule has 0 saturated carbocycles. The molecule has 0 aromatic carbocycles. The van der Waals surface area contributed by atoms with E-state index in [0.29, 0.717) is 6.61 Å². The second-order valence-electron chi connectivity index (χ2n) is 6.85. The highest BCUT2D eigenvalue weighted by Gasteiger charge is 2.27. The van der Waals surface area contributed by atoms with Gasteiger partial charge in [0.05, 0.1) is 18.7 Å². The summed E-state index contributed by atoms with van der Waals surface area (Å²) in [5.41, 5.74) is -0.424. The van der Waals surface area contributed by atoms with Crippen LogP contribution in [0.2, 0.25) is 0 Å². The van der Waals surface area contributed by atoms with Crippen LogP contribution in [-0.4, -0.2) is 34.7 Å². The number of hydrogen-bond acceptors (Lipinski definition) is 5. The molecule has 0 bridgehead atoms. The van der Waals surface area contributed by atoms with Crippen molar-refractivity contribution in [1.82, 2.24) is 4.98 Å². The Bertz CT molecular complexity index is 457. The van der Waals surface area contributed by atoms with Crippen LogP contribution in [0.4, 0.5) is 0 Å². The number of thioether (sulfide) groups is 1. The van der Waals surface area contributed by atoms with Gasteiger partial charge in [-0.05, 0) is 51.0 Å². The van der Waals surface area contributed by atoms with Crippen molar-refractivity contribution in [3.8, 4) is 5.75 Å². The third-order valence-corrected chi connectivity index (χ3v) is 4.32. The number of carbonyl (C=O) groups excluding carboxylic acids is 1.